The number of halogens is 3. The first-order chi connectivity index (χ1) is 23.8. The Bertz CT molecular complexity index is 1710. The van der Waals surface area contributed by atoms with Crippen LogP contribution in [0.2, 0.25) is 0 Å². The summed E-state index contributed by atoms with van der Waals surface area (Å²) < 4.78 is 51.8. The zero-order valence-electron chi connectivity index (χ0n) is 28.5. The molecule has 1 saturated carbocycles. The van der Waals surface area contributed by atoms with E-state index in [1.54, 1.807) is 63.2 Å². The molecule has 1 N–H and O–H groups in total. The van der Waals surface area contributed by atoms with E-state index < -0.39 is 53.1 Å². The predicted octanol–water partition coefficient (Wildman–Crippen LogP) is 7.31. The fraction of sp³-hybridized carbons (Fsp3) is 0.395. The molecule has 1 aliphatic rings. The van der Waals surface area contributed by atoms with Gasteiger partial charge in [0.15, 0.2) is 11.7 Å². The molecular weight excluding hydrogens is 653 g/mol. The fourth-order valence-electron chi connectivity index (χ4n) is 6.75. The lowest BCUT2D eigenvalue weighted by atomic mass is 9.70. The number of aldehydes is 1. The van der Waals surface area contributed by atoms with Gasteiger partial charge in [0.1, 0.15) is 5.78 Å². The minimum atomic E-state index is -4.71. The van der Waals surface area contributed by atoms with Crippen LogP contribution in [-0.2, 0) is 36.5 Å². The van der Waals surface area contributed by atoms with Gasteiger partial charge in [-0.15, -0.1) is 0 Å². The van der Waals surface area contributed by atoms with Crippen molar-refractivity contribution in [1.29, 1.82) is 0 Å². The first-order valence-electron chi connectivity index (χ1n) is 16.5. The van der Waals surface area contributed by atoms with Crippen LogP contribution in [-0.4, -0.2) is 57.2 Å². The third-order valence-corrected chi connectivity index (χ3v) is 8.99. The van der Waals surface area contributed by atoms with Gasteiger partial charge in [0, 0.05) is 32.5 Å². The van der Waals surface area contributed by atoms with Crippen LogP contribution in [0.25, 0.3) is 11.1 Å². The summed E-state index contributed by atoms with van der Waals surface area (Å²) in [6.07, 6.45) is -2.29. The quantitative estimate of drug-likeness (QED) is 0.106. The molecule has 0 radical (unpaired) electrons. The highest BCUT2D eigenvalue weighted by molar-refractivity contribution is 6.11. The van der Waals surface area contributed by atoms with Crippen molar-refractivity contribution in [2.75, 3.05) is 37.5 Å². The average molecular weight is 695 g/mol. The van der Waals surface area contributed by atoms with Crippen molar-refractivity contribution in [1.82, 2.24) is 0 Å². The number of amides is 1. The topological polar surface area (TPSA) is 119 Å². The molecule has 0 spiro atoms. The van der Waals surface area contributed by atoms with E-state index in [4.69, 9.17) is 9.47 Å². The molecule has 0 aromatic heterocycles. The first kappa shape index (κ1) is 37.8. The van der Waals surface area contributed by atoms with Crippen molar-refractivity contribution in [2.24, 2.45) is 11.3 Å². The lowest BCUT2D eigenvalue weighted by Crippen LogP contribution is -2.49. The number of nitrogens with zero attached hydrogens (tertiary/aromatic N) is 1. The number of carbonyl (C=O) groups excluding carboxylic acids is 5. The molecule has 1 aliphatic carbocycles. The Labute approximate surface area is 289 Å². The number of esters is 2. The average Bonchev–Trinajstić information content (AvgIpc) is 3.63. The van der Waals surface area contributed by atoms with E-state index in [2.05, 4.69) is 5.32 Å². The lowest BCUT2D eigenvalue weighted by Gasteiger charge is -2.34. The normalized spacial score (nSPS) is 13.4. The molecule has 266 valence electrons. The third kappa shape index (κ3) is 8.06. The molecule has 4 rings (SSSR count). The second-order valence-electron chi connectivity index (χ2n) is 12.4. The number of carbonyl (C=O) groups is 5. The monoisotopic (exact) mass is 694 g/mol. The molecule has 0 aliphatic heterocycles. The van der Waals surface area contributed by atoms with Gasteiger partial charge in [-0.1, -0.05) is 55.3 Å². The smallest absolute Gasteiger partial charge is 0.416 e. The van der Waals surface area contributed by atoms with E-state index in [-0.39, 0.29) is 47.7 Å². The SMILES string of the molecule is CCOC(=O)C(CC(=O)Cc1ccc(NC(=O)c2cc(C(F)(F)F)ccc2-c2ccccc2)c(C=O)c1N(C)C)(C(=O)OCC)C1CCCC1. The summed E-state index contributed by atoms with van der Waals surface area (Å²) in [6, 6.07) is 14.3. The van der Waals surface area contributed by atoms with Gasteiger partial charge >= 0.3 is 18.1 Å². The Hall–Kier alpha value is -5.00. The maximum absolute atomic E-state index is 13.8. The van der Waals surface area contributed by atoms with Crippen molar-refractivity contribution in [2.45, 2.75) is 58.5 Å². The van der Waals surface area contributed by atoms with E-state index >= 15 is 0 Å². The summed E-state index contributed by atoms with van der Waals surface area (Å²) in [5, 5.41) is 2.60. The van der Waals surface area contributed by atoms with Crippen LogP contribution in [0.3, 0.4) is 0 Å². The molecule has 0 atom stereocenters. The summed E-state index contributed by atoms with van der Waals surface area (Å²) in [5.41, 5.74) is -1.67. The maximum atomic E-state index is 13.8. The number of ether oxygens (including phenoxy) is 2. The minimum absolute atomic E-state index is 0.00882. The van der Waals surface area contributed by atoms with Crippen LogP contribution in [0.5, 0.6) is 0 Å². The van der Waals surface area contributed by atoms with Crippen LogP contribution in [0.4, 0.5) is 24.5 Å². The van der Waals surface area contributed by atoms with Crippen LogP contribution >= 0.6 is 0 Å². The third-order valence-electron chi connectivity index (χ3n) is 8.99. The number of alkyl halides is 3. The Kier molecular flexibility index (Phi) is 12.2. The van der Waals surface area contributed by atoms with Gasteiger partial charge in [-0.05, 0) is 67.5 Å². The van der Waals surface area contributed by atoms with E-state index in [1.807, 2.05) is 0 Å². The van der Waals surface area contributed by atoms with Crippen molar-refractivity contribution >= 4 is 41.3 Å². The van der Waals surface area contributed by atoms with E-state index in [0.29, 0.717) is 30.3 Å². The number of hydrogen-bond acceptors (Lipinski definition) is 8. The highest BCUT2D eigenvalue weighted by atomic mass is 19.4. The maximum Gasteiger partial charge on any atom is 0.416 e. The molecule has 12 heteroatoms. The molecule has 0 saturated heterocycles. The molecule has 0 unspecified atom stereocenters. The van der Waals surface area contributed by atoms with Crippen molar-refractivity contribution < 1.29 is 46.6 Å². The van der Waals surface area contributed by atoms with Gasteiger partial charge < -0.3 is 19.7 Å². The Morgan fingerprint density at radius 1 is 0.900 bits per heavy atom. The Morgan fingerprint density at radius 3 is 2.06 bits per heavy atom. The molecule has 3 aromatic rings. The van der Waals surface area contributed by atoms with E-state index in [9.17, 15) is 37.1 Å². The molecular formula is C38H41F3N2O7. The number of rotatable bonds is 14. The molecule has 50 heavy (non-hydrogen) atoms. The summed E-state index contributed by atoms with van der Waals surface area (Å²) in [7, 11) is 3.25. The van der Waals surface area contributed by atoms with Gasteiger partial charge in [0.2, 0.25) is 0 Å². The summed E-state index contributed by atoms with van der Waals surface area (Å²) in [4.78, 5) is 68.5. The van der Waals surface area contributed by atoms with Crippen LogP contribution in [0, 0.1) is 11.3 Å². The summed E-state index contributed by atoms with van der Waals surface area (Å²) in [6.45, 7) is 3.25. The van der Waals surface area contributed by atoms with Crippen LogP contribution in [0.1, 0.15) is 77.8 Å². The molecule has 0 heterocycles. The number of hydrogen-bond donors (Lipinski definition) is 1. The zero-order chi connectivity index (χ0) is 36.6. The number of anilines is 2. The van der Waals surface area contributed by atoms with E-state index in [1.165, 1.54) is 18.2 Å². The van der Waals surface area contributed by atoms with Crippen molar-refractivity contribution in [3.8, 4) is 11.1 Å². The second kappa shape index (κ2) is 16.1. The molecule has 9 nitrogen and oxygen atoms in total. The van der Waals surface area contributed by atoms with Gasteiger partial charge in [-0.25, -0.2) is 0 Å². The highest BCUT2D eigenvalue weighted by Gasteiger charge is 2.56. The minimum Gasteiger partial charge on any atom is -0.465 e. The van der Waals surface area contributed by atoms with Crippen molar-refractivity contribution in [3.05, 3.63) is 82.9 Å². The predicted molar refractivity (Wildman–Crippen MR) is 182 cm³/mol. The molecule has 1 amide bonds. The summed E-state index contributed by atoms with van der Waals surface area (Å²) >= 11 is 0. The second-order valence-corrected chi connectivity index (χ2v) is 12.4. The molecule has 3 aromatic carbocycles. The number of ketones is 1. The van der Waals surface area contributed by atoms with Gasteiger partial charge in [0.05, 0.1) is 35.7 Å². The lowest BCUT2D eigenvalue weighted by molar-refractivity contribution is -0.178. The largest absolute Gasteiger partial charge is 0.465 e. The standard InChI is InChI=1S/C38H41F3N2O7/c1-5-49-35(47)37(36(48)50-6-2,26-14-10-11-15-26)22-28(45)20-25-16-19-32(31(23-44)33(25)43(3)4)42-34(46)30-21-27(38(39,40)41)17-18-29(30)24-12-8-7-9-13-24/h7-9,12-13,16-19,21,23,26H,5-6,10-11,14-15,20,22H2,1-4H3,(H,42,46). The zero-order valence-corrected chi connectivity index (χ0v) is 28.5. The van der Waals surface area contributed by atoms with Crippen LogP contribution in [0.15, 0.2) is 60.7 Å². The number of nitrogens with one attached hydrogen (secondary N) is 1. The van der Waals surface area contributed by atoms with E-state index in [0.717, 1.165) is 25.0 Å². The molecule has 0 bridgehead atoms. The van der Waals surface area contributed by atoms with Crippen LogP contribution < -0.4 is 10.2 Å². The Balaban J connectivity index is 1.71. The molecule has 1 fully saturated rings. The first-order valence-corrected chi connectivity index (χ1v) is 16.5. The van der Waals surface area contributed by atoms with Crippen molar-refractivity contribution in [3.63, 3.8) is 0 Å². The fourth-order valence-corrected chi connectivity index (χ4v) is 6.75. The van der Waals surface area contributed by atoms with Gasteiger partial charge in [-0.3, -0.25) is 24.0 Å². The van der Waals surface area contributed by atoms with Gasteiger partial charge in [0.25, 0.3) is 5.91 Å². The highest BCUT2D eigenvalue weighted by Crippen LogP contribution is 2.45. The number of Topliss-reactive ketones (excluding diaryl/α,β-unsaturated/α-hetero) is 1. The number of benzene rings is 3. The Morgan fingerprint density at radius 2 is 1.52 bits per heavy atom. The summed E-state index contributed by atoms with van der Waals surface area (Å²) in [5.74, 6) is -3.40. The van der Waals surface area contributed by atoms with Gasteiger partial charge in [-0.2, -0.15) is 13.2 Å².